The van der Waals surface area contributed by atoms with Gasteiger partial charge in [0.1, 0.15) is 5.69 Å². The third kappa shape index (κ3) is 2.78. The van der Waals surface area contributed by atoms with Gasteiger partial charge in [-0.05, 0) is 36.8 Å². The first-order valence-corrected chi connectivity index (χ1v) is 8.95. The van der Waals surface area contributed by atoms with Gasteiger partial charge in [-0.25, -0.2) is 12.4 Å². The fraction of sp³-hybridized carbons (Fsp3) is 0.105. The van der Waals surface area contributed by atoms with Crippen LogP contribution >= 0.6 is 0 Å². The number of rotatable bonds is 4. The normalized spacial score (nSPS) is 11.4. The minimum Gasteiger partial charge on any atom is -0.293 e. The Kier molecular flexibility index (Phi) is 4.11. The van der Waals surface area contributed by atoms with Crippen molar-refractivity contribution in [3.05, 3.63) is 78.0 Å². The number of ketones is 1. The molecule has 5 heteroatoms. The average molecular weight is 339 g/mol. The summed E-state index contributed by atoms with van der Waals surface area (Å²) in [5.74, 6) is -0.298. The molecule has 2 aromatic carbocycles. The molecule has 0 aliphatic rings. The Morgan fingerprint density at radius 1 is 0.875 bits per heavy atom. The van der Waals surface area contributed by atoms with Crippen molar-refractivity contribution in [2.75, 3.05) is 0 Å². The maximum absolute atomic E-state index is 13.1. The number of benzene rings is 2. The van der Waals surface area contributed by atoms with E-state index in [4.69, 9.17) is 0 Å². The van der Waals surface area contributed by atoms with Gasteiger partial charge in [-0.15, -0.1) is 0 Å². The predicted octanol–water partition coefficient (Wildman–Crippen LogP) is 3.90. The smallest absolute Gasteiger partial charge is 0.268 e. The van der Waals surface area contributed by atoms with E-state index in [0.29, 0.717) is 5.69 Å². The van der Waals surface area contributed by atoms with Gasteiger partial charge in [-0.2, -0.15) is 0 Å². The lowest BCUT2D eigenvalue weighted by molar-refractivity contribution is 0.101. The Labute approximate surface area is 141 Å². The quantitative estimate of drug-likeness (QED) is 0.677. The van der Waals surface area contributed by atoms with Gasteiger partial charge in [0.15, 0.2) is 5.78 Å². The highest BCUT2D eigenvalue weighted by molar-refractivity contribution is 7.90. The Morgan fingerprint density at radius 3 is 2.08 bits per heavy atom. The van der Waals surface area contributed by atoms with E-state index >= 15 is 0 Å². The Balaban J connectivity index is 2.27. The SMILES string of the molecule is CC(=O)c1ccc(-c2ccccc2)n1S(=O)(=O)c1ccc(C)cc1. The number of hydrogen-bond acceptors (Lipinski definition) is 3. The summed E-state index contributed by atoms with van der Waals surface area (Å²) in [6, 6.07) is 19.0. The summed E-state index contributed by atoms with van der Waals surface area (Å²) >= 11 is 0. The Bertz CT molecular complexity index is 985. The van der Waals surface area contributed by atoms with Crippen molar-refractivity contribution in [3.8, 4) is 11.3 Å². The molecule has 0 saturated carbocycles. The van der Waals surface area contributed by atoms with Crippen LogP contribution in [0.25, 0.3) is 11.3 Å². The Hall–Kier alpha value is -2.66. The summed E-state index contributed by atoms with van der Waals surface area (Å²) in [5.41, 5.74) is 2.33. The molecule has 3 aromatic rings. The van der Waals surface area contributed by atoms with E-state index in [1.165, 1.54) is 6.92 Å². The largest absolute Gasteiger partial charge is 0.293 e. The standard InChI is InChI=1S/C19H17NO3S/c1-14-8-10-17(11-9-14)24(22,23)20-18(15(2)21)12-13-19(20)16-6-4-3-5-7-16/h3-13H,1-2H3. The molecular weight excluding hydrogens is 322 g/mol. The maximum atomic E-state index is 13.1. The van der Waals surface area contributed by atoms with Crippen LogP contribution in [0.4, 0.5) is 0 Å². The molecule has 0 spiro atoms. The highest BCUT2D eigenvalue weighted by Gasteiger charge is 2.25. The molecule has 0 N–H and O–H groups in total. The summed E-state index contributed by atoms with van der Waals surface area (Å²) in [5, 5.41) is 0. The van der Waals surface area contributed by atoms with Crippen molar-refractivity contribution in [1.29, 1.82) is 0 Å². The van der Waals surface area contributed by atoms with E-state index in [2.05, 4.69) is 0 Å². The third-order valence-electron chi connectivity index (χ3n) is 3.83. The second-order valence-corrected chi connectivity index (χ2v) is 7.40. The molecule has 0 aliphatic heterocycles. The third-order valence-corrected chi connectivity index (χ3v) is 5.57. The molecule has 0 amide bonds. The minimum atomic E-state index is -3.87. The van der Waals surface area contributed by atoms with Gasteiger partial charge in [-0.3, -0.25) is 4.79 Å². The second-order valence-electron chi connectivity index (χ2n) is 5.61. The van der Waals surface area contributed by atoms with Crippen LogP contribution < -0.4 is 0 Å². The summed E-state index contributed by atoms with van der Waals surface area (Å²) in [7, 11) is -3.87. The Morgan fingerprint density at radius 2 is 1.50 bits per heavy atom. The van der Waals surface area contributed by atoms with Crippen LogP contribution in [0, 0.1) is 6.92 Å². The number of aryl methyl sites for hydroxylation is 1. The van der Waals surface area contributed by atoms with Gasteiger partial charge < -0.3 is 0 Å². The number of aromatic nitrogens is 1. The molecule has 4 nitrogen and oxygen atoms in total. The molecule has 3 rings (SSSR count). The number of carbonyl (C=O) groups is 1. The van der Waals surface area contributed by atoms with E-state index in [9.17, 15) is 13.2 Å². The monoisotopic (exact) mass is 339 g/mol. The molecule has 1 heterocycles. The minimum absolute atomic E-state index is 0.148. The van der Waals surface area contributed by atoms with Gasteiger partial charge in [-0.1, -0.05) is 48.0 Å². The van der Waals surface area contributed by atoms with Gasteiger partial charge in [0.2, 0.25) is 0 Å². The molecule has 0 atom stereocenters. The molecule has 0 fully saturated rings. The number of carbonyl (C=O) groups excluding carboxylic acids is 1. The summed E-state index contributed by atoms with van der Waals surface area (Å²) < 4.78 is 27.4. The van der Waals surface area contributed by atoms with E-state index in [1.54, 1.807) is 36.4 Å². The van der Waals surface area contributed by atoms with E-state index in [0.717, 1.165) is 15.1 Å². The van der Waals surface area contributed by atoms with Crippen molar-refractivity contribution < 1.29 is 13.2 Å². The van der Waals surface area contributed by atoms with E-state index < -0.39 is 10.0 Å². The van der Waals surface area contributed by atoms with Crippen LogP contribution in [-0.4, -0.2) is 18.2 Å². The predicted molar refractivity (Wildman–Crippen MR) is 93.6 cm³/mol. The van der Waals surface area contributed by atoms with Crippen molar-refractivity contribution in [1.82, 2.24) is 3.97 Å². The highest BCUT2D eigenvalue weighted by Crippen LogP contribution is 2.28. The molecule has 0 saturated heterocycles. The fourth-order valence-corrected chi connectivity index (χ4v) is 4.14. The first-order valence-electron chi connectivity index (χ1n) is 7.51. The molecule has 0 radical (unpaired) electrons. The van der Waals surface area contributed by atoms with Gasteiger partial charge >= 0.3 is 0 Å². The molecule has 1 aromatic heterocycles. The molecular formula is C19H17NO3S. The molecule has 122 valence electrons. The molecule has 0 bridgehead atoms. The summed E-state index contributed by atoms with van der Waals surface area (Å²) in [6.45, 7) is 3.26. The van der Waals surface area contributed by atoms with Crippen LogP contribution in [0.2, 0.25) is 0 Å². The van der Waals surface area contributed by atoms with Gasteiger partial charge in [0, 0.05) is 6.92 Å². The van der Waals surface area contributed by atoms with Crippen molar-refractivity contribution in [3.63, 3.8) is 0 Å². The van der Waals surface area contributed by atoms with Crippen LogP contribution in [-0.2, 0) is 10.0 Å². The van der Waals surface area contributed by atoms with Gasteiger partial charge in [0.05, 0.1) is 10.6 Å². The average Bonchev–Trinajstić information content (AvgIpc) is 3.02. The summed E-state index contributed by atoms with van der Waals surface area (Å²) in [4.78, 5) is 12.1. The lowest BCUT2D eigenvalue weighted by atomic mass is 10.2. The summed E-state index contributed by atoms with van der Waals surface area (Å²) in [6.07, 6.45) is 0. The van der Waals surface area contributed by atoms with Crippen molar-refractivity contribution in [2.45, 2.75) is 18.7 Å². The zero-order valence-electron chi connectivity index (χ0n) is 13.4. The van der Waals surface area contributed by atoms with E-state index in [-0.39, 0.29) is 16.4 Å². The maximum Gasteiger partial charge on any atom is 0.268 e. The first-order chi connectivity index (χ1) is 11.4. The molecule has 0 aliphatic carbocycles. The number of hydrogen-bond donors (Lipinski definition) is 0. The van der Waals surface area contributed by atoms with E-state index in [1.807, 2.05) is 37.3 Å². The van der Waals surface area contributed by atoms with Gasteiger partial charge in [0.25, 0.3) is 10.0 Å². The van der Waals surface area contributed by atoms with Crippen LogP contribution in [0.1, 0.15) is 23.0 Å². The topological polar surface area (TPSA) is 56.1 Å². The number of nitrogens with zero attached hydrogens (tertiary/aromatic N) is 1. The van der Waals surface area contributed by atoms with Crippen molar-refractivity contribution >= 4 is 15.8 Å². The lowest BCUT2D eigenvalue weighted by Crippen LogP contribution is -2.18. The van der Waals surface area contributed by atoms with Crippen LogP contribution in [0.5, 0.6) is 0 Å². The highest BCUT2D eigenvalue weighted by atomic mass is 32.2. The fourth-order valence-electron chi connectivity index (χ4n) is 2.58. The molecule has 24 heavy (non-hydrogen) atoms. The van der Waals surface area contributed by atoms with Crippen LogP contribution in [0.15, 0.2) is 71.6 Å². The lowest BCUT2D eigenvalue weighted by Gasteiger charge is -2.13. The zero-order chi connectivity index (χ0) is 17.3. The second kappa shape index (κ2) is 6.09. The number of Topliss-reactive ketones (excluding diaryl/α,β-unsaturated/α-hetero) is 1. The molecule has 0 unspecified atom stereocenters. The first kappa shape index (κ1) is 16.2. The van der Waals surface area contributed by atoms with Crippen molar-refractivity contribution in [2.24, 2.45) is 0 Å². The van der Waals surface area contributed by atoms with Crippen LogP contribution in [0.3, 0.4) is 0 Å². The zero-order valence-corrected chi connectivity index (χ0v) is 14.2.